The first-order chi connectivity index (χ1) is 8.28. The van der Waals surface area contributed by atoms with Crippen LogP contribution in [0.1, 0.15) is 19.3 Å². The second-order valence-corrected chi connectivity index (χ2v) is 5.69. The topological polar surface area (TPSA) is 130 Å². The number of carbonyl (C=O) groups excluding carboxylic acids is 1. The van der Waals surface area contributed by atoms with Crippen molar-refractivity contribution in [3.8, 4) is 0 Å². The molecule has 0 aromatic heterocycles. The van der Waals surface area contributed by atoms with E-state index in [0.29, 0.717) is 13.1 Å². The van der Waals surface area contributed by atoms with Crippen LogP contribution in [0, 0.1) is 5.92 Å². The highest BCUT2D eigenvalue weighted by Gasteiger charge is 2.25. The van der Waals surface area contributed by atoms with Crippen molar-refractivity contribution in [1.29, 1.82) is 0 Å². The number of carboxylic acid groups (broad SMARTS) is 1. The van der Waals surface area contributed by atoms with E-state index in [4.69, 9.17) is 10.2 Å². The molecule has 1 rings (SSSR count). The van der Waals surface area contributed by atoms with Gasteiger partial charge in [0.05, 0.1) is 0 Å². The minimum atomic E-state index is -3.73. The molecule has 1 aliphatic heterocycles. The van der Waals surface area contributed by atoms with Crippen molar-refractivity contribution in [3.63, 3.8) is 0 Å². The Kier molecular flexibility index (Phi) is 5.05. The highest BCUT2D eigenvalue weighted by molar-refractivity contribution is 7.87. The number of nitrogens with two attached hydrogens (primary N) is 1. The molecule has 8 nitrogen and oxygen atoms in total. The van der Waals surface area contributed by atoms with Crippen LogP contribution < -0.4 is 9.86 Å². The summed E-state index contributed by atoms with van der Waals surface area (Å²) >= 11 is 0. The van der Waals surface area contributed by atoms with Gasteiger partial charge in [0.2, 0.25) is 5.91 Å². The first-order valence-corrected chi connectivity index (χ1v) is 7.09. The monoisotopic (exact) mass is 279 g/mol. The lowest BCUT2D eigenvalue weighted by Crippen LogP contribution is -2.45. The molecule has 0 bridgehead atoms. The normalized spacial score (nSPS) is 20.7. The zero-order valence-corrected chi connectivity index (χ0v) is 10.6. The molecule has 1 unspecified atom stereocenters. The van der Waals surface area contributed by atoms with E-state index in [1.165, 1.54) is 4.90 Å². The Morgan fingerprint density at radius 3 is 2.67 bits per heavy atom. The van der Waals surface area contributed by atoms with Gasteiger partial charge < -0.3 is 10.0 Å². The Balaban J connectivity index is 2.45. The van der Waals surface area contributed by atoms with Crippen molar-refractivity contribution in [3.05, 3.63) is 0 Å². The fourth-order valence-electron chi connectivity index (χ4n) is 1.93. The number of carboxylic acids is 1. The van der Waals surface area contributed by atoms with Crippen molar-refractivity contribution < 1.29 is 23.1 Å². The van der Waals surface area contributed by atoms with Crippen LogP contribution in [0.5, 0.6) is 0 Å². The van der Waals surface area contributed by atoms with Crippen LogP contribution in [-0.2, 0) is 19.8 Å². The van der Waals surface area contributed by atoms with Crippen molar-refractivity contribution in [1.82, 2.24) is 9.62 Å². The molecule has 104 valence electrons. The van der Waals surface area contributed by atoms with Crippen LogP contribution >= 0.6 is 0 Å². The minimum absolute atomic E-state index is 0.0326. The summed E-state index contributed by atoms with van der Waals surface area (Å²) in [5.41, 5.74) is 0. The Morgan fingerprint density at radius 1 is 1.44 bits per heavy atom. The predicted molar refractivity (Wildman–Crippen MR) is 62.7 cm³/mol. The summed E-state index contributed by atoms with van der Waals surface area (Å²) in [5, 5.41) is 13.4. The highest BCUT2D eigenvalue weighted by Crippen LogP contribution is 2.16. The van der Waals surface area contributed by atoms with E-state index in [1.54, 1.807) is 0 Å². The van der Waals surface area contributed by atoms with Crippen LogP contribution in [0.15, 0.2) is 0 Å². The van der Waals surface area contributed by atoms with Gasteiger partial charge in [-0.3, -0.25) is 9.59 Å². The molecular weight excluding hydrogens is 262 g/mol. The van der Waals surface area contributed by atoms with Gasteiger partial charge in [0, 0.05) is 19.6 Å². The Labute approximate surface area is 105 Å². The van der Waals surface area contributed by atoms with Crippen LogP contribution in [0.25, 0.3) is 0 Å². The van der Waals surface area contributed by atoms with Crippen LogP contribution in [0.2, 0.25) is 0 Å². The number of nitrogens with zero attached hydrogens (tertiary/aromatic N) is 1. The molecule has 0 radical (unpaired) electrons. The SMILES string of the molecule is NS(=O)(=O)NCC1CCCN(C(=O)CC(=O)O)C1. The number of carbonyl (C=O) groups is 2. The zero-order chi connectivity index (χ0) is 13.8. The molecule has 1 saturated heterocycles. The average molecular weight is 279 g/mol. The Morgan fingerprint density at radius 2 is 2.11 bits per heavy atom. The van der Waals surface area contributed by atoms with E-state index in [0.717, 1.165) is 12.8 Å². The number of piperidine rings is 1. The molecule has 0 spiro atoms. The van der Waals surface area contributed by atoms with Gasteiger partial charge in [-0.15, -0.1) is 0 Å². The smallest absolute Gasteiger partial charge is 0.312 e. The van der Waals surface area contributed by atoms with Crippen LogP contribution in [0.3, 0.4) is 0 Å². The molecule has 0 saturated carbocycles. The van der Waals surface area contributed by atoms with Crippen molar-refractivity contribution in [2.24, 2.45) is 11.1 Å². The van der Waals surface area contributed by atoms with Gasteiger partial charge in [0.15, 0.2) is 0 Å². The summed E-state index contributed by atoms with van der Waals surface area (Å²) in [6.45, 7) is 1.03. The standard InChI is InChI=1S/C9H17N3O5S/c10-18(16,17)11-5-7-2-1-3-12(6-7)8(13)4-9(14)15/h7,11H,1-6H2,(H,14,15)(H2,10,16,17). The lowest BCUT2D eigenvalue weighted by Gasteiger charge is -2.32. The third-order valence-corrected chi connectivity index (χ3v) is 3.32. The number of rotatable bonds is 5. The average Bonchev–Trinajstić information content (AvgIpc) is 2.25. The molecule has 9 heteroatoms. The van der Waals surface area contributed by atoms with Gasteiger partial charge in [-0.2, -0.15) is 8.42 Å². The third-order valence-electron chi connectivity index (χ3n) is 2.75. The van der Waals surface area contributed by atoms with Gasteiger partial charge >= 0.3 is 5.97 Å². The molecule has 1 aliphatic rings. The summed E-state index contributed by atoms with van der Waals surface area (Å²) in [6.07, 6.45) is 0.969. The number of amides is 1. The Hall–Kier alpha value is -1.19. The first kappa shape index (κ1) is 14.9. The molecule has 1 amide bonds. The molecule has 0 aromatic carbocycles. The largest absolute Gasteiger partial charge is 0.481 e. The first-order valence-electron chi connectivity index (χ1n) is 5.55. The van der Waals surface area contributed by atoms with E-state index in [2.05, 4.69) is 4.72 Å². The van der Waals surface area contributed by atoms with Gasteiger partial charge in [-0.25, -0.2) is 9.86 Å². The minimum Gasteiger partial charge on any atom is -0.481 e. The molecule has 0 aromatic rings. The van der Waals surface area contributed by atoms with Gasteiger partial charge in [-0.05, 0) is 18.8 Å². The highest BCUT2D eigenvalue weighted by atomic mass is 32.2. The lowest BCUT2D eigenvalue weighted by atomic mass is 9.98. The van der Waals surface area contributed by atoms with Gasteiger partial charge in [0.1, 0.15) is 6.42 Å². The van der Waals surface area contributed by atoms with Gasteiger partial charge in [0.25, 0.3) is 10.2 Å². The summed E-state index contributed by atoms with van der Waals surface area (Å²) in [5.74, 6) is -1.64. The molecule has 0 aliphatic carbocycles. The van der Waals surface area contributed by atoms with Gasteiger partial charge in [-0.1, -0.05) is 0 Å². The maximum Gasteiger partial charge on any atom is 0.312 e. The van der Waals surface area contributed by atoms with Crippen molar-refractivity contribution >= 4 is 22.1 Å². The molecule has 4 N–H and O–H groups in total. The summed E-state index contributed by atoms with van der Waals surface area (Å²) in [7, 11) is -3.73. The number of aliphatic carboxylic acids is 1. The lowest BCUT2D eigenvalue weighted by molar-refractivity contribution is -0.145. The van der Waals surface area contributed by atoms with Crippen molar-refractivity contribution in [2.75, 3.05) is 19.6 Å². The molecule has 1 fully saturated rings. The van der Waals surface area contributed by atoms with Crippen molar-refractivity contribution in [2.45, 2.75) is 19.3 Å². The summed E-state index contributed by atoms with van der Waals surface area (Å²) in [4.78, 5) is 23.4. The second kappa shape index (κ2) is 6.12. The van der Waals surface area contributed by atoms with E-state index in [9.17, 15) is 18.0 Å². The third kappa shape index (κ3) is 5.43. The van der Waals surface area contributed by atoms with E-state index in [-0.39, 0.29) is 12.5 Å². The molecule has 1 heterocycles. The summed E-state index contributed by atoms with van der Waals surface area (Å²) in [6, 6.07) is 0. The fourth-order valence-corrected chi connectivity index (χ4v) is 2.40. The van der Waals surface area contributed by atoms with Crippen LogP contribution in [0.4, 0.5) is 0 Å². The number of nitrogens with one attached hydrogen (secondary N) is 1. The maximum atomic E-state index is 11.5. The summed E-state index contributed by atoms with van der Waals surface area (Å²) < 4.78 is 23.7. The fraction of sp³-hybridized carbons (Fsp3) is 0.778. The zero-order valence-electron chi connectivity index (χ0n) is 9.83. The maximum absolute atomic E-state index is 11.5. The number of hydrogen-bond acceptors (Lipinski definition) is 4. The molecular formula is C9H17N3O5S. The predicted octanol–water partition coefficient (Wildman–Crippen LogP) is -1.51. The molecule has 1 atom stereocenters. The molecule has 18 heavy (non-hydrogen) atoms. The second-order valence-electron chi connectivity index (χ2n) is 4.31. The quantitative estimate of drug-likeness (QED) is 0.527. The number of hydrogen-bond donors (Lipinski definition) is 3. The van der Waals surface area contributed by atoms with E-state index in [1.807, 2.05) is 0 Å². The Bertz CT molecular complexity index is 422. The van der Waals surface area contributed by atoms with E-state index < -0.39 is 28.5 Å². The van der Waals surface area contributed by atoms with Crippen LogP contribution in [-0.4, -0.2) is 49.9 Å². The number of likely N-dealkylation sites (tertiary alicyclic amines) is 1. The van der Waals surface area contributed by atoms with E-state index >= 15 is 0 Å².